The summed E-state index contributed by atoms with van der Waals surface area (Å²) in [5.74, 6) is 0.204. The van der Waals surface area contributed by atoms with E-state index in [-0.39, 0.29) is 43.8 Å². The SMILES string of the molecule is CC[C@@H](C)NC(=O)[C@H](Cc1ccccc1)N(Cc1ccccc1)C(=O)CCCN(c1ccc(OC)cc1)S(C)(=O)=O. The summed E-state index contributed by atoms with van der Waals surface area (Å²) >= 11 is 0. The lowest BCUT2D eigenvalue weighted by Crippen LogP contribution is -2.52. The minimum absolute atomic E-state index is 0.0396. The normalized spacial score (nSPS) is 12.7. The van der Waals surface area contributed by atoms with Gasteiger partial charge in [0.2, 0.25) is 21.8 Å². The number of hydrogen-bond acceptors (Lipinski definition) is 5. The third-order valence-electron chi connectivity index (χ3n) is 6.98. The predicted molar refractivity (Wildman–Crippen MR) is 163 cm³/mol. The fraction of sp³-hybridized carbons (Fsp3) is 0.375. The van der Waals surface area contributed by atoms with Crippen molar-refractivity contribution in [1.29, 1.82) is 0 Å². The molecule has 2 atom stereocenters. The lowest BCUT2D eigenvalue weighted by molar-refractivity contribution is -0.141. The van der Waals surface area contributed by atoms with Crippen molar-refractivity contribution in [2.75, 3.05) is 24.2 Å². The van der Waals surface area contributed by atoms with Gasteiger partial charge < -0.3 is 15.0 Å². The maximum atomic E-state index is 13.9. The highest BCUT2D eigenvalue weighted by Crippen LogP contribution is 2.23. The number of hydrogen-bond donors (Lipinski definition) is 1. The quantitative estimate of drug-likeness (QED) is 0.279. The molecule has 3 aromatic rings. The summed E-state index contributed by atoms with van der Waals surface area (Å²) in [5.41, 5.74) is 2.36. The first-order valence-electron chi connectivity index (χ1n) is 13.9. The lowest BCUT2D eigenvalue weighted by Gasteiger charge is -2.32. The molecular formula is C32H41N3O5S. The molecule has 220 valence electrons. The second kappa shape index (κ2) is 15.2. The highest BCUT2D eigenvalue weighted by Gasteiger charge is 2.31. The van der Waals surface area contributed by atoms with Crippen LogP contribution in [0.5, 0.6) is 5.75 Å². The number of benzene rings is 3. The van der Waals surface area contributed by atoms with Crippen LogP contribution in [0.1, 0.15) is 44.2 Å². The van der Waals surface area contributed by atoms with Crippen LogP contribution in [-0.4, -0.2) is 57.1 Å². The molecule has 9 heteroatoms. The summed E-state index contributed by atoms with van der Waals surface area (Å²) in [6, 6.07) is 25.2. The molecule has 0 aromatic heterocycles. The van der Waals surface area contributed by atoms with Crippen molar-refractivity contribution in [2.45, 2.75) is 58.2 Å². The Bertz CT molecular complexity index is 1350. The molecule has 0 saturated heterocycles. The van der Waals surface area contributed by atoms with E-state index < -0.39 is 16.1 Å². The van der Waals surface area contributed by atoms with Gasteiger partial charge in [-0.15, -0.1) is 0 Å². The summed E-state index contributed by atoms with van der Waals surface area (Å²) < 4.78 is 31.7. The van der Waals surface area contributed by atoms with Gasteiger partial charge in [-0.05, 0) is 55.2 Å². The van der Waals surface area contributed by atoms with Gasteiger partial charge in [-0.25, -0.2) is 8.42 Å². The molecule has 3 rings (SSSR count). The minimum atomic E-state index is -3.59. The topological polar surface area (TPSA) is 96.0 Å². The molecule has 0 unspecified atom stereocenters. The second-order valence-corrected chi connectivity index (χ2v) is 12.1. The lowest BCUT2D eigenvalue weighted by atomic mass is 10.0. The average molecular weight is 580 g/mol. The first-order valence-corrected chi connectivity index (χ1v) is 15.8. The van der Waals surface area contributed by atoms with Crippen LogP contribution in [0.2, 0.25) is 0 Å². The summed E-state index contributed by atoms with van der Waals surface area (Å²) in [7, 11) is -2.04. The van der Waals surface area contributed by atoms with Gasteiger partial charge in [-0.1, -0.05) is 67.6 Å². The average Bonchev–Trinajstić information content (AvgIpc) is 2.97. The summed E-state index contributed by atoms with van der Waals surface area (Å²) in [6.07, 6.45) is 2.65. The van der Waals surface area contributed by atoms with Gasteiger partial charge in [-0.2, -0.15) is 0 Å². The first-order chi connectivity index (χ1) is 19.6. The molecule has 0 bridgehead atoms. The maximum absolute atomic E-state index is 13.9. The van der Waals surface area contributed by atoms with Crippen LogP contribution in [0, 0.1) is 0 Å². The number of methoxy groups -OCH3 is 1. The Morgan fingerprint density at radius 2 is 1.49 bits per heavy atom. The molecule has 3 aromatic carbocycles. The van der Waals surface area contributed by atoms with Crippen LogP contribution in [0.4, 0.5) is 5.69 Å². The standard InChI is InChI=1S/C32H41N3O5S/c1-5-25(2)33-32(37)30(23-26-13-8-6-9-14-26)34(24-27-15-10-7-11-16-27)31(36)17-12-22-35(41(4,38)39)28-18-20-29(40-3)21-19-28/h6-11,13-16,18-21,25,30H,5,12,17,22-24H2,1-4H3,(H,33,37)/t25-,30+/m1/s1. The zero-order valence-corrected chi connectivity index (χ0v) is 25.1. The van der Waals surface area contributed by atoms with E-state index in [4.69, 9.17) is 4.74 Å². The molecule has 1 N–H and O–H groups in total. The third kappa shape index (κ3) is 9.63. The molecule has 0 radical (unpaired) electrons. The van der Waals surface area contributed by atoms with Crippen molar-refractivity contribution in [3.8, 4) is 5.75 Å². The second-order valence-electron chi connectivity index (χ2n) is 10.2. The molecule has 0 saturated carbocycles. The number of carbonyl (C=O) groups excluding carboxylic acids is 2. The van der Waals surface area contributed by atoms with Crippen LogP contribution >= 0.6 is 0 Å². The largest absolute Gasteiger partial charge is 0.497 e. The number of carbonyl (C=O) groups is 2. The monoisotopic (exact) mass is 579 g/mol. The third-order valence-corrected chi connectivity index (χ3v) is 8.17. The number of ether oxygens (including phenoxy) is 1. The molecule has 8 nitrogen and oxygen atoms in total. The molecule has 0 aliphatic rings. The Labute approximate surface area is 244 Å². The number of sulfonamides is 1. The number of nitrogens with one attached hydrogen (secondary N) is 1. The van der Waals surface area contributed by atoms with Gasteiger partial charge in [0, 0.05) is 32.0 Å². The van der Waals surface area contributed by atoms with Crippen molar-refractivity contribution in [3.05, 3.63) is 96.1 Å². The summed E-state index contributed by atoms with van der Waals surface area (Å²) in [4.78, 5) is 29.1. The Kier molecular flexibility index (Phi) is 11.8. The van der Waals surface area contributed by atoms with Gasteiger partial charge in [-0.3, -0.25) is 13.9 Å². The number of anilines is 1. The van der Waals surface area contributed by atoms with Crippen molar-refractivity contribution < 1.29 is 22.7 Å². The Morgan fingerprint density at radius 3 is 2.02 bits per heavy atom. The van der Waals surface area contributed by atoms with Gasteiger partial charge in [0.05, 0.1) is 19.1 Å². The van der Waals surface area contributed by atoms with Crippen LogP contribution in [0.3, 0.4) is 0 Å². The Hall–Kier alpha value is -3.85. The van der Waals surface area contributed by atoms with Crippen molar-refractivity contribution >= 4 is 27.5 Å². The summed E-state index contributed by atoms with van der Waals surface area (Å²) in [5, 5.41) is 3.07. The van der Waals surface area contributed by atoms with Gasteiger partial charge in [0.15, 0.2) is 0 Å². The van der Waals surface area contributed by atoms with E-state index in [1.165, 1.54) is 4.31 Å². The van der Waals surface area contributed by atoms with Crippen molar-refractivity contribution in [1.82, 2.24) is 10.2 Å². The van der Waals surface area contributed by atoms with Crippen LogP contribution in [0.15, 0.2) is 84.9 Å². The van der Waals surface area contributed by atoms with Crippen molar-refractivity contribution in [3.63, 3.8) is 0 Å². The van der Waals surface area contributed by atoms with Crippen LogP contribution in [0.25, 0.3) is 0 Å². The predicted octanol–water partition coefficient (Wildman–Crippen LogP) is 4.80. The maximum Gasteiger partial charge on any atom is 0.243 e. The zero-order valence-electron chi connectivity index (χ0n) is 24.3. The minimum Gasteiger partial charge on any atom is -0.497 e. The van der Waals surface area contributed by atoms with E-state index in [0.717, 1.165) is 23.8 Å². The van der Waals surface area contributed by atoms with E-state index >= 15 is 0 Å². The van der Waals surface area contributed by atoms with Crippen LogP contribution in [-0.2, 0) is 32.6 Å². The number of nitrogens with zero attached hydrogens (tertiary/aromatic N) is 2. The smallest absolute Gasteiger partial charge is 0.243 e. The zero-order chi connectivity index (χ0) is 29.8. The molecule has 0 spiro atoms. The van der Waals surface area contributed by atoms with Gasteiger partial charge in [0.25, 0.3) is 0 Å². The fourth-order valence-electron chi connectivity index (χ4n) is 4.53. The first kappa shape index (κ1) is 31.7. The fourth-order valence-corrected chi connectivity index (χ4v) is 5.49. The Morgan fingerprint density at radius 1 is 0.902 bits per heavy atom. The van der Waals surface area contributed by atoms with Gasteiger partial charge in [0.1, 0.15) is 11.8 Å². The molecule has 0 aliphatic carbocycles. The van der Waals surface area contributed by atoms with Crippen molar-refractivity contribution in [2.24, 2.45) is 0 Å². The molecule has 41 heavy (non-hydrogen) atoms. The number of rotatable bonds is 15. The number of amides is 2. The van der Waals surface area contributed by atoms with E-state index in [0.29, 0.717) is 17.9 Å². The molecule has 0 aliphatic heterocycles. The molecular weight excluding hydrogens is 538 g/mol. The Balaban J connectivity index is 1.85. The molecule has 0 heterocycles. The van der Waals surface area contributed by atoms with Crippen LogP contribution < -0.4 is 14.4 Å². The van der Waals surface area contributed by atoms with E-state index in [2.05, 4.69) is 5.32 Å². The van der Waals surface area contributed by atoms with E-state index in [9.17, 15) is 18.0 Å². The highest BCUT2D eigenvalue weighted by molar-refractivity contribution is 7.92. The highest BCUT2D eigenvalue weighted by atomic mass is 32.2. The van der Waals surface area contributed by atoms with Gasteiger partial charge >= 0.3 is 0 Å². The van der Waals surface area contributed by atoms with E-state index in [1.807, 2.05) is 74.5 Å². The van der Waals surface area contributed by atoms with E-state index in [1.54, 1.807) is 36.3 Å². The molecule has 0 fully saturated rings. The summed E-state index contributed by atoms with van der Waals surface area (Å²) in [6.45, 7) is 4.33. The molecule has 2 amide bonds.